The van der Waals surface area contributed by atoms with Crippen molar-refractivity contribution >= 4 is 33.0 Å². The number of benzene rings is 2. The van der Waals surface area contributed by atoms with E-state index in [-0.39, 0.29) is 10.6 Å². The van der Waals surface area contributed by atoms with Gasteiger partial charge in [0, 0.05) is 5.69 Å². The van der Waals surface area contributed by atoms with Gasteiger partial charge in [-0.25, -0.2) is 8.42 Å². The number of anilines is 1. The molecule has 3 rings (SSSR count). The second-order valence-corrected chi connectivity index (χ2v) is 9.47. The molecule has 0 aliphatic rings. The Morgan fingerprint density at radius 2 is 1.75 bits per heavy atom. The van der Waals surface area contributed by atoms with Gasteiger partial charge in [0.05, 0.1) is 0 Å². The third kappa shape index (κ3) is 5.07. The fourth-order valence-electron chi connectivity index (χ4n) is 2.75. The summed E-state index contributed by atoms with van der Waals surface area (Å²) in [4.78, 5) is 12.9. The van der Waals surface area contributed by atoms with Gasteiger partial charge in [0.25, 0.3) is 10.0 Å². The van der Waals surface area contributed by atoms with Crippen LogP contribution >= 0.6 is 11.3 Å². The Morgan fingerprint density at radius 3 is 2.39 bits per heavy atom. The largest absolute Gasteiger partial charge is 0.325 e. The van der Waals surface area contributed by atoms with Crippen LogP contribution in [0.1, 0.15) is 16.7 Å². The zero-order valence-electron chi connectivity index (χ0n) is 15.7. The van der Waals surface area contributed by atoms with E-state index < -0.39 is 22.0 Å². The molecule has 28 heavy (non-hydrogen) atoms. The Hall–Kier alpha value is -2.48. The molecule has 0 saturated heterocycles. The molecule has 0 saturated carbocycles. The highest BCUT2D eigenvalue weighted by Crippen LogP contribution is 2.18. The first-order valence-corrected chi connectivity index (χ1v) is 11.2. The monoisotopic (exact) mass is 414 g/mol. The summed E-state index contributed by atoms with van der Waals surface area (Å²) in [6.45, 7) is 3.96. The summed E-state index contributed by atoms with van der Waals surface area (Å²) in [5.41, 5.74) is 3.69. The average molecular weight is 415 g/mol. The van der Waals surface area contributed by atoms with Crippen LogP contribution < -0.4 is 10.0 Å². The van der Waals surface area contributed by atoms with E-state index in [9.17, 15) is 13.2 Å². The zero-order valence-corrected chi connectivity index (χ0v) is 17.3. The highest BCUT2D eigenvalue weighted by molar-refractivity contribution is 7.91. The Kier molecular flexibility index (Phi) is 6.28. The van der Waals surface area contributed by atoms with Crippen molar-refractivity contribution in [3.05, 3.63) is 82.7 Å². The van der Waals surface area contributed by atoms with Gasteiger partial charge in [0.2, 0.25) is 5.91 Å². The Balaban J connectivity index is 1.84. The van der Waals surface area contributed by atoms with Crippen molar-refractivity contribution < 1.29 is 13.2 Å². The Labute approximate surface area is 169 Å². The maximum atomic E-state index is 12.9. The Bertz CT molecular complexity index is 1050. The van der Waals surface area contributed by atoms with Crippen molar-refractivity contribution in [2.24, 2.45) is 0 Å². The van der Waals surface area contributed by atoms with Crippen LogP contribution in [0.5, 0.6) is 0 Å². The first-order chi connectivity index (χ1) is 13.3. The van der Waals surface area contributed by atoms with Crippen molar-refractivity contribution in [2.75, 3.05) is 5.32 Å². The lowest BCUT2D eigenvalue weighted by atomic mass is 10.1. The zero-order chi connectivity index (χ0) is 20.1. The molecule has 0 spiro atoms. The number of aryl methyl sites for hydroxylation is 2. The predicted octanol–water partition coefficient (Wildman–Crippen LogP) is 3.89. The molecular formula is C21H22N2O3S2. The summed E-state index contributed by atoms with van der Waals surface area (Å²) in [7, 11) is -3.78. The number of carbonyl (C=O) groups excluding carboxylic acids is 1. The standard InChI is InChI=1S/C21H22N2O3S2/c1-15-10-11-18(13-16(15)2)22-21(24)19(14-17-7-4-3-5-8-17)23-28(25,26)20-9-6-12-27-20/h3-13,19,23H,14H2,1-2H3,(H,22,24)/t19-/m1/s1. The number of rotatable bonds is 7. The minimum absolute atomic E-state index is 0.185. The molecule has 1 aromatic heterocycles. The fourth-order valence-corrected chi connectivity index (χ4v) is 4.95. The highest BCUT2D eigenvalue weighted by Gasteiger charge is 2.26. The molecule has 3 aromatic rings. The number of thiophene rings is 1. The quantitative estimate of drug-likeness (QED) is 0.616. The van der Waals surface area contributed by atoms with Crippen LogP contribution in [-0.4, -0.2) is 20.4 Å². The van der Waals surface area contributed by atoms with E-state index in [4.69, 9.17) is 0 Å². The van der Waals surface area contributed by atoms with Gasteiger partial charge >= 0.3 is 0 Å². The molecule has 5 nitrogen and oxygen atoms in total. The highest BCUT2D eigenvalue weighted by atomic mass is 32.2. The molecule has 1 amide bonds. The van der Waals surface area contributed by atoms with Crippen molar-refractivity contribution in [1.29, 1.82) is 0 Å². The van der Waals surface area contributed by atoms with Crippen LogP contribution in [0.4, 0.5) is 5.69 Å². The molecule has 0 aliphatic carbocycles. The molecule has 7 heteroatoms. The molecule has 1 heterocycles. The van der Waals surface area contributed by atoms with E-state index in [1.807, 2.05) is 62.4 Å². The molecule has 0 fully saturated rings. The van der Waals surface area contributed by atoms with Gasteiger partial charge in [-0.05, 0) is 60.5 Å². The van der Waals surface area contributed by atoms with Gasteiger partial charge in [-0.3, -0.25) is 4.79 Å². The average Bonchev–Trinajstić information content (AvgIpc) is 3.21. The van der Waals surface area contributed by atoms with Gasteiger partial charge in [-0.2, -0.15) is 4.72 Å². The lowest BCUT2D eigenvalue weighted by Gasteiger charge is -2.19. The smallest absolute Gasteiger partial charge is 0.250 e. The number of amides is 1. The summed E-state index contributed by atoms with van der Waals surface area (Å²) in [5.74, 6) is -0.396. The lowest BCUT2D eigenvalue weighted by molar-refractivity contribution is -0.117. The first kappa shape index (κ1) is 20.3. The van der Waals surface area contributed by atoms with Crippen LogP contribution in [0, 0.1) is 13.8 Å². The third-order valence-corrected chi connectivity index (χ3v) is 7.30. The van der Waals surface area contributed by atoms with Gasteiger partial charge in [0.1, 0.15) is 10.3 Å². The van der Waals surface area contributed by atoms with Gasteiger partial charge < -0.3 is 5.32 Å². The first-order valence-electron chi connectivity index (χ1n) is 8.83. The minimum atomic E-state index is -3.78. The normalized spacial score (nSPS) is 12.5. The molecule has 0 aliphatic heterocycles. The van der Waals surface area contributed by atoms with Gasteiger partial charge in [0.15, 0.2) is 0 Å². The van der Waals surface area contributed by atoms with Gasteiger partial charge in [-0.15, -0.1) is 11.3 Å². The molecule has 2 N–H and O–H groups in total. The van der Waals surface area contributed by atoms with E-state index in [1.165, 1.54) is 6.07 Å². The molecule has 0 bridgehead atoms. The lowest BCUT2D eigenvalue weighted by Crippen LogP contribution is -2.45. The summed E-state index contributed by atoms with van der Waals surface area (Å²) in [6.07, 6.45) is 0.252. The van der Waals surface area contributed by atoms with E-state index >= 15 is 0 Å². The Morgan fingerprint density at radius 1 is 1.00 bits per heavy atom. The summed E-state index contributed by atoms with van der Waals surface area (Å²) >= 11 is 1.12. The fraction of sp³-hybridized carbons (Fsp3) is 0.190. The SMILES string of the molecule is Cc1ccc(NC(=O)[C@@H](Cc2ccccc2)NS(=O)(=O)c2cccs2)cc1C. The maximum absolute atomic E-state index is 12.9. The maximum Gasteiger partial charge on any atom is 0.250 e. The second-order valence-electron chi connectivity index (χ2n) is 6.58. The van der Waals surface area contributed by atoms with E-state index in [1.54, 1.807) is 11.4 Å². The topological polar surface area (TPSA) is 75.3 Å². The predicted molar refractivity (Wildman–Crippen MR) is 113 cm³/mol. The van der Waals surface area contributed by atoms with Crippen molar-refractivity contribution in [2.45, 2.75) is 30.5 Å². The van der Waals surface area contributed by atoms with Crippen LogP contribution in [0.3, 0.4) is 0 Å². The number of carbonyl (C=O) groups is 1. The van der Waals surface area contributed by atoms with E-state index in [0.717, 1.165) is 28.0 Å². The van der Waals surface area contributed by atoms with E-state index in [0.29, 0.717) is 5.69 Å². The second kappa shape index (κ2) is 8.68. The number of nitrogens with one attached hydrogen (secondary N) is 2. The van der Waals surface area contributed by atoms with Crippen LogP contribution in [0.15, 0.2) is 70.3 Å². The molecule has 2 aromatic carbocycles. The van der Waals surface area contributed by atoms with Crippen molar-refractivity contribution in [3.8, 4) is 0 Å². The number of hydrogen-bond acceptors (Lipinski definition) is 4. The van der Waals surface area contributed by atoms with Crippen LogP contribution in [0.25, 0.3) is 0 Å². The summed E-state index contributed by atoms with van der Waals surface area (Å²) in [6, 6.07) is 17.2. The van der Waals surface area contributed by atoms with Crippen LogP contribution in [-0.2, 0) is 21.2 Å². The molecule has 1 atom stereocenters. The molecule has 146 valence electrons. The summed E-state index contributed by atoms with van der Waals surface area (Å²) < 4.78 is 28.1. The summed E-state index contributed by atoms with van der Waals surface area (Å²) in [5, 5.41) is 4.53. The molecular weight excluding hydrogens is 392 g/mol. The minimum Gasteiger partial charge on any atom is -0.325 e. The van der Waals surface area contributed by atoms with Gasteiger partial charge in [-0.1, -0.05) is 42.5 Å². The van der Waals surface area contributed by atoms with Crippen molar-refractivity contribution in [1.82, 2.24) is 4.72 Å². The van der Waals surface area contributed by atoms with E-state index in [2.05, 4.69) is 10.0 Å². The molecule has 0 unspecified atom stereocenters. The third-order valence-electron chi connectivity index (χ3n) is 4.43. The van der Waals surface area contributed by atoms with Crippen molar-refractivity contribution in [3.63, 3.8) is 0 Å². The number of sulfonamides is 1. The number of hydrogen-bond donors (Lipinski definition) is 2. The van der Waals surface area contributed by atoms with Crippen LogP contribution in [0.2, 0.25) is 0 Å². The molecule has 0 radical (unpaired) electrons.